The summed E-state index contributed by atoms with van der Waals surface area (Å²) in [4.78, 5) is 30.2. The number of rotatable bonds is 6. The third-order valence-electron chi connectivity index (χ3n) is 4.81. The SMILES string of the molecule is O=C(NCCn1ncccc1=O)[C@@H]1CCCN(c2ccc(-n3cncn3)nn2)C1. The van der Waals surface area contributed by atoms with Gasteiger partial charge in [-0.05, 0) is 31.0 Å². The normalized spacial score (nSPS) is 16.6. The van der Waals surface area contributed by atoms with E-state index in [0.29, 0.717) is 25.5 Å². The Morgan fingerprint density at radius 1 is 1.17 bits per heavy atom. The first-order valence-corrected chi connectivity index (χ1v) is 9.44. The number of piperidine rings is 1. The van der Waals surface area contributed by atoms with Crippen molar-refractivity contribution >= 4 is 11.7 Å². The van der Waals surface area contributed by atoms with Gasteiger partial charge in [-0.25, -0.2) is 14.3 Å². The number of hydrogen-bond donors (Lipinski definition) is 1. The number of carbonyl (C=O) groups is 1. The van der Waals surface area contributed by atoms with E-state index in [9.17, 15) is 9.59 Å². The van der Waals surface area contributed by atoms with Gasteiger partial charge in [0.1, 0.15) is 12.7 Å². The molecule has 0 aromatic carbocycles. The van der Waals surface area contributed by atoms with E-state index in [2.05, 4.69) is 35.6 Å². The molecule has 1 fully saturated rings. The van der Waals surface area contributed by atoms with Crippen LogP contribution in [0, 0.1) is 5.92 Å². The first kappa shape index (κ1) is 18.7. The van der Waals surface area contributed by atoms with E-state index in [1.165, 1.54) is 21.8 Å². The maximum absolute atomic E-state index is 12.6. The van der Waals surface area contributed by atoms with Crippen molar-refractivity contribution in [2.45, 2.75) is 19.4 Å². The Labute approximate surface area is 166 Å². The van der Waals surface area contributed by atoms with Crippen molar-refractivity contribution in [3.05, 3.63) is 53.5 Å². The van der Waals surface area contributed by atoms with E-state index in [-0.39, 0.29) is 17.4 Å². The molecule has 1 N–H and O–H groups in total. The van der Waals surface area contributed by atoms with Gasteiger partial charge in [-0.2, -0.15) is 10.2 Å². The average Bonchev–Trinajstić information content (AvgIpc) is 3.30. The zero-order valence-electron chi connectivity index (χ0n) is 15.8. The van der Waals surface area contributed by atoms with Crippen LogP contribution < -0.4 is 15.8 Å². The molecule has 1 aliphatic rings. The van der Waals surface area contributed by atoms with E-state index >= 15 is 0 Å². The second-order valence-corrected chi connectivity index (χ2v) is 6.75. The first-order chi connectivity index (χ1) is 14.2. The molecule has 4 rings (SSSR count). The molecule has 0 radical (unpaired) electrons. The third kappa shape index (κ3) is 4.45. The maximum atomic E-state index is 12.6. The van der Waals surface area contributed by atoms with E-state index < -0.39 is 0 Å². The lowest BCUT2D eigenvalue weighted by Gasteiger charge is -2.32. The van der Waals surface area contributed by atoms with Crippen molar-refractivity contribution in [3.8, 4) is 5.82 Å². The zero-order valence-corrected chi connectivity index (χ0v) is 15.8. The van der Waals surface area contributed by atoms with Gasteiger partial charge >= 0.3 is 0 Å². The molecule has 1 saturated heterocycles. The largest absolute Gasteiger partial charge is 0.354 e. The summed E-state index contributed by atoms with van der Waals surface area (Å²) in [6.45, 7) is 2.10. The van der Waals surface area contributed by atoms with E-state index in [1.807, 2.05) is 12.1 Å². The Kier molecular flexibility index (Phi) is 5.54. The van der Waals surface area contributed by atoms with E-state index in [1.54, 1.807) is 18.6 Å². The van der Waals surface area contributed by atoms with Crippen LogP contribution in [0.1, 0.15) is 12.8 Å². The average molecular weight is 395 g/mol. The third-order valence-corrected chi connectivity index (χ3v) is 4.81. The molecule has 0 saturated carbocycles. The number of carbonyl (C=O) groups excluding carboxylic acids is 1. The molecule has 0 aliphatic carbocycles. The smallest absolute Gasteiger partial charge is 0.266 e. The lowest BCUT2D eigenvalue weighted by molar-refractivity contribution is -0.125. The van der Waals surface area contributed by atoms with Crippen LogP contribution in [0.15, 0.2) is 47.9 Å². The molecule has 29 heavy (non-hydrogen) atoms. The summed E-state index contributed by atoms with van der Waals surface area (Å²) in [6, 6.07) is 6.74. The predicted molar refractivity (Wildman–Crippen MR) is 103 cm³/mol. The van der Waals surface area contributed by atoms with Crippen molar-refractivity contribution in [1.29, 1.82) is 0 Å². The molecule has 0 spiro atoms. The van der Waals surface area contributed by atoms with Crippen LogP contribution in [-0.2, 0) is 11.3 Å². The minimum atomic E-state index is -0.182. The van der Waals surface area contributed by atoms with Gasteiger partial charge < -0.3 is 10.2 Å². The van der Waals surface area contributed by atoms with Crippen molar-refractivity contribution in [2.75, 3.05) is 24.5 Å². The molecule has 3 aromatic heterocycles. The minimum Gasteiger partial charge on any atom is -0.354 e. The fraction of sp³-hybridized carbons (Fsp3) is 0.389. The predicted octanol–water partition coefficient (Wildman–Crippen LogP) is -0.353. The van der Waals surface area contributed by atoms with Crippen LogP contribution >= 0.6 is 0 Å². The maximum Gasteiger partial charge on any atom is 0.266 e. The zero-order chi connectivity index (χ0) is 20.1. The van der Waals surface area contributed by atoms with Crippen LogP contribution in [0.25, 0.3) is 5.82 Å². The highest BCUT2D eigenvalue weighted by Crippen LogP contribution is 2.21. The van der Waals surface area contributed by atoms with Crippen molar-refractivity contribution in [3.63, 3.8) is 0 Å². The highest BCUT2D eigenvalue weighted by atomic mass is 16.2. The quantitative estimate of drug-likeness (QED) is 0.600. The summed E-state index contributed by atoms with van der Waals surface area (Å²) >= 11 is 0. The minimum absolute atomic E-state index is 0.0223. The van der Waals surface area contributed by atoms with E-state index in [4.69, 9.17) is 0 Å². The molecular weight excluding hydrogens is 374 g/mol. The van der Waals surface area contributed by atoms with E-state index in [0.717, 1.165) is 25.2 Å². The molecule has 1 atom stereocenters. The summed E-state index contributed by atoms with van der Waals surface area (Å²) in [5.41, 5.74) is -0.182. The fourth-order valence-corrected chi connectivity index (χ4v) is 3.32. The molecular formula is C18H21N9O2. The molecule has 1 amide bonds. The van der Waals surface area contributed by atoms with Crippen LogP contribution in [0.3, 0.4) is 0 Å². The number of nitrogens with one attached hydrogen (secondary N) is 1. The summed E-state index contributed by atoms with van der Waals surface area (Å²) in [5.74, 6) is 1.15. The molecule has 11 heteroatoms. The van der Waals surface area contributed by atoms with Crippen LogP contribution in [0.2, 0.25) is 0 Å². The molecule has 3 aromatic rings. The summed E-state index contributed by atoms with van der Waals surface area (Å²) in [5, 5.41) is 19.4. The molecule has 0 bridgehead atoms. The lowest BCUT2D eigenvalue weighted by atomic mass is 9.97. The standard InChI is InChI=1S/C18H21N9O2/c28-17-4-1-7-21-26(17)10-8-20-18(29)14-3-2-9-25(11-14)15-5-6-16(24-23-15)27-13-19-12-22-27/h1,4-7,12-14H,2-3,8-11H2,(H,20,29)/t14-/m1/s1. The highest BCUT2D eigenvalue weighted by molar-refractivity contribution is 5.79. The molecule has 0 unspecified atom stereocenters. The van der Waals surface area contributed by atoms with Crippen LogP contribution in [-0.4, -0.2) is 60.3 Å². The van der Waals surface area contributed by atoms with Gasteiger partial charge in [0.25, 0.3) is 5.56 Å². The Balaban J connectivity index is 1.32. The first-order valence-electron chi connectivity index (χ1n) is 9.44. The highest BCUT2D eigenvalue weighted by Gasteiger charge is 2.26. The Bertz CT molecular complexity index is 1000. The molecule has 150 valence electrons. The lowest BCUT2D eigenvalue weighted by Crippen LogP contribution is -2.44. The second-order valence-electron chi connectivity index (χ2n) is 6.75. The fourth-order valence-electron chi connectivity index (χ4n) is 3.32. The summed E-state index contributed by atoms with van der Waals surface area (Å²) in [6.07, 6.45) is 6.26. The van der Waals surface area contributed by atoms with Gasteiger partial charge in [0.15, 0.2) is 11.6 Å². The Morgan fingerprint density at radius 3 is 2.79 bits per heavy atom. The monoisotopic (exact) mass is 395 g/mol. The number of amides is 1. The van der Waals surface area contributed by atoms with Gasteiger partial charge in [-0.15, -0.1) is 10.2 Å². The second kappa shape index (κ2) is 8.59. The van der Waals surface area contributed by atoms with Gasteiger partial charge in [-0.1, -0.05) is 0 Å². The molecule has 11 nitrogen and oxygen atoms in total. The number of aromatic nitrogens is 7. The van der Waals surface area contributed by atoms with Crippen molar-refractivity contribution < 1.29 is 4.79 Å². The molecule has 4 heterocycles. The van der Waals surface area contributed by atoms with Gasteiger partial charge in [-0.3, -0.25) is 9.59 Å². The van der Waals surface area contributed by atoms with Crippen molar-refractivity contribution in [1.82, 2.24) is 40.1 Å². The Hall–Kier alpha value is -3.63. The number of nitrogens with zero attached hydrogens (tertiary/aromatic N) is 8. The number of hydrogen-bond acceptors (Lipinski definition) is 8. The summed E-state index contributed by atoms with van der Waals surface area (Å²) < 4.78 is 2.87. The van der Waals surface area contributed by atoms with Crippen LogP contribution in [0.5, 0.6) is 0 Å². The summed E-state index contributed by atoms with van der Waals surface area (Å²) in [7, 11) is 0. The molecule has 1 aliphatic heterocycles. The van der Waals surface area contributed by atoms with Gasteiger partial charge in [0, 0.05) is 31.9 Å². The van der Waals surface area contributed by atoms with Gasteiger partial charge in [0.05, 0.1) is 12.5 Å². The van der Waals surface area contributed by atoms with Crippen molar-refractivity contribution in [2.24, 2.45) is 5.92 Å². The van der Waals surface area contributed by atoms with Crippen LogP contribution in [0.4, 0.5) is 5.82 Å². The van der Waals surface area contributed by atoms with Gasteiger partial charge in [0.2, 0.25) is 5.91 Å². The number of anilines is 1. The Morgan fingerprint density at radius 2 is 2.03 bits per heavy atom. The topological polar surface area (TPSA) is 124 Å².